The Hall–Kier alpha value is -3.14. The average molecular weight is 567 g/mol. The summed E-state index contributed by atoms with van der Waals surface area (Å²) in [5.41, 5.74) is 5.95. The van der Waals surface area contributed by atoms with E-state index in [1.807, 2.05) is 12.4 Å². The standard InChI is InChI=1S/C38H50N2O2/c1-2-3-4-8-11-17-31-23-25-32(26-24-31)34-27-39-37(40-28-34)36-29-41-38(42-36)35-20-15-14-19-33(35)18-13-10-7-5-6-9-12-16-30-21-22-30/h14-15,19-20,23-30,38H,2-13,16-18,21-22H2,1H3. The maximum Gasteiger partial charge on any atom is 0.267 e. The first kappa shape index (κ1) is 30.3. The number of ether oxygens (including phenoxy) is 2. The Morgan fingerprint density at radius 1 is 0.690 bits per heavy atom. The van der Waals surface area contributed by atoms with Crippen LogP contribution in [0.3, 0.4) is 0 Å². The fraction of sp³-hybridized carbons (Fsp3) is 0.526. The molecule has 224 valence electrons. The fourth-order valence-corrected chi connectivity index (χ4v) is 5.97. The van der Waals surface area contributed by atoms with Gasteiger partial charge in [0.25, 0.3) is 6.29 Å². The van der Waals surface area contributed by atoms with E-state index in [-0.39, 0.29) is 0 Å². The lowest BCUT2D eigenvalue weighted by atomic mass is 9.99. The van der Waals surface area contributed by atoms with E-state index in [4.69, 9.17) is 9.47 Å². The summed E-state index contributed by atoms with van der Waals surface area (Å²) in [5.74, 6) is 2.22. The van der Waals surface area contributed by atoms with E-state index >= 15 is 0 Å². The molecule has 0 saturated heterocycles. The Morgan fingerprint density at radius 3 is 2.10 bits per heavy atom. The first-order valence-corrected chi connectivity index (χ1v) is 16.8. The first-order valence-electron chi connectivity index (χ1n) is 16.8. The van der Waals surface area contributed by atoms with Crippen molar-refractivity contribution in [3.8, 4) is 11.1 Å². The molecule has 4 nitrogen and oxygen atoms in total. The largest absolute Gasteiger partial charge is 0.454 e. The summed E-state index contributed by atoms with van der Waals surface area (Å²) in [5, 5.41) is 0. The first-order chi connectivity index (χ1) is 20.8. The van der Waals surface area contributed by atoms with Crippen LogP contribution in [-0.2, 0) is 22.3 Å². The van der Waals surface area contributed by atoms with Gasteiger partial charge < -0.3 is 9.47 Å². The van der Waals surface area contributed by atoms with Gasteiger partial charge in [-0.05, 0) is 48.3 Å². The molecule has 1 atom stereocenters. The summed E-state index contributed by atoms with van der Waals surface area (Å²) >= 11 is 0. The molecule has 4 heteroatoms. The molecular formula is C38H50N2O2. The number of rotatable bonds is 19. The molecule has 5 rings (SSSR count). The van der Waals surface area contributed by atoms with Crippen LogP contribution in [0.5, 0.6) is 0 Å². The molecule has 0 N–H and O–H groups in total. The van der Waals surface area contributed by atoms with Crippen molar-refractivity contribution in [2.75, 3.05) is 0 Å². The predicted octanol–water partition coefficient (Wildman–Crippen LogP) is 10.8. The second kappa shape index (κ2) is 16.5. The van der Waals surface area contributed by atoms with Crippen LogP contribution in [0.25, 0.3) is 16.9 Å². The van der Waals surface area contributed by atoms with E-state index in [1.165, 1.54) is 107 Å². The van der Waals surface area contributed by atoms with Crippen LogP contribution in [0, 0.1) is 5.92 Å². The summed E-state index contributed by atoms with van der Waals surface area (Å²) in [4.78, 5) is 9.22. The Labute approximate surface area is 254 Å². The minimum Gasteiger partial charge on any atom is -0.454 e. The molecule has 1 aliphatic carbocycles. The zero-order chi connectivity index (χ0) is 28.8. The smallest absolute Gasteiger partial charge is 0.267 e. The molecule has 1 aliphatic heterocycles. The van der Waals surface area contributed by atoms with Crippen molar-refractivity contribution in [2.24, 2.45) is 5.92 Å². The number of hydrogen-bond acceptors (Lipinski definition) is 4. The highest BCUT2D eigenvalue weighted by Crippen LogP contribution is 2.35. The maximum absolute atomic E-state index is 6.21. The summed E-state index contributed by atoms with van der Waals surface area (Å²) in [6.07, 6.45) is 27.7. The summed E-state index contributed by atoms with van der Waals surface area (Å²) in [6, 6.07) is 17.3. The Kier molecular flexibility index (Phi) is 11.9. The van der Waals surface area contributed by atoms with Crippen molar-refractivity contribution in [2.45, 2.75) is 122 Å². The van der Waals surface area contributed by atoms with Gasteiger partial charge in [0.2, 0.25) is 5.76 Å². The molecule has 42 heavy (non-hydrogen) atoms. The zero-order valence-corrected chi connectivity index (χ0v) is 25.7. The molecule has 2 aliphatic rings. The molecule has 0 amide bonds. The summed E-state index contributed by atoms with van der Waals surface area (Å²) < 4.78 is 12.2. The monoisotopic (exact) mass is 566 g/mol. The van der Waals surface area contributed by atoms with E-state index in [0.29, 0.717) is 11.6 Å². The third-order valence-corrected chi connectivity index (χ3v) is 8.83. The quantitative estimate of drug-likeness (QED) is 0.135. The van der Waals surface area contributed by atoms with Gasteiger partial charge in [0.1, 0.15) is 6.26 Å². The Bertz CT molecular complexity index is 1230. The normalized spacial score (nSPS) is 16.2. The lowest BCUT2D eigenvalue weighted by molar-refractivity contribution is -0.0181. The minimum atomic E-state index is -0.444. The third-order valence-electron chi connectivity index (χ3n) is 8.83. The second-order valence-electron chi connectivity index (χ2n) is 12.4. The number of nitrogens with zero attached hydrogens (tertiary/aromatic N) is 2. The second-order valence-corrected chi connectivity index (χ2v) is 12.4. The molecule has 0 bridgehead atoms. The third kappa shape index (κ3) is 9.44. The van der Waals surface area contributed by atoms with Gasteiger partial charge in [0, 0.05) is 23.5 Å². The number of aryl methyl sites for hydroxylation is 2. The molecular weight excluding hydrogens is 516 g/mol. The molecule has 1 unspecified atom stereocenters. The number of benzene rings is 2. The highest BCUT2D eigenvalue weighted by Gasteiger charge is 2.26. The van der Waals surface area contributed by atoms with E-state index in [2.05, 4.69) is 65.4 Å². The lowest BCUT2D eigenvalue weighted by Crippen LogP contribution is -2.04. The molecule has 3 aromatic rings. The van der Waals surface area contributed by atoms with Crippen LogP contribution >= 0.6 is 0 Å². The van der Waals surface area contributed by atoms with E-state index in [1.54, 1.807) is 6.26 Å². The van der Waals surface area contributed by atoms with Gasteiger partial charge in [-0.2, -0.15) is 0 Å². The van der Waals surface area contributed by atoms with E-state index in [0.717, 1.165) is 35.4 Å². The van der Waals surface area contributed by atoms with Gasteiger partial charge in [-0.15, -0.1) is 0 Å². The van der Waals surface area contributed by atoms with Crippen molar-refractivity contribution >= 4 is 5.76 Å². The van der Waals surface area contributed by atoms with Crippen molar-refractivity contribution in [1.29, 1.82) is 0 Å². The molecule has 1 aromatic heterocycles. The van der Waals surface area contributed by atoms with Crippen molar-refractivity contribution in [1.82, 2.24) is 9.97 Å². The maximum atomic E-state index is 6.21. The van der Waals surface area contributed by atoms with Crippen LogP contribution < -0.4 is 0 Å². The zero-order valence-electron chi connectivity index (χ0n) is 25.7. The molecule has 0 radical (unpaired) electrons. The van der Waals surface area contributed by atoms with E-state index < -0.39 is 6.29 Å². The molecule has 2 aromatic carbocycles. The minimum absolute atomic E-state index is 0.444. The predicted molar refractivity (Wildman–Crippen MR) is 173 cm³/mol. The molecule has 1 saturated carbocycles. The molecule has 0 spiro atoms. The van der Waals surface area contributed by atoms with Gasteiger partial charge in [0.05, 0.1) is 0 Å². The van der Waals surface area contributed by atoms with Crippen LogP contribution in [0.1, 0.15) is 132 Å². The number of unbranched alkanes of at least 4 members (excludes halogenated alkanes) is 10. The van der Waals surface area contributed by atoms with Crippen molar-refractivity contribution < 1.29 is 9.47 Å². The van der Waals surface area contributed by atoms with Crippen LogP contribution in [0.2, 0.25) is 0 Å². The number of aromatic nitrogens is 2. The Balaban J connectivity index is 1.05. The Morgan fingerprint density at radius 2 is 1.36 bits per heavy atom. The van der Waals surface area contributed by atoms with Gasteiger partial charge >= 0.3 is 0 Å². The van der Waals surface area contributed by atoms with Crippen molar-refractivity contribution in [3.05, 3.63) is 89.7 Å². The highest BCUT2D eigenvalue weighted by atomic mass is 16.7. The van der Waals surface area contributed by atoms with Crippen molar-refractivity contribution in [3.63, 3.8) is 0 Å². The van der Waals surface area contributed by atoms with Crippen LogP contribution in [0.15, 0.2) is 67.2 Å². The van der Waals surface area contributed by atoms with E-state index in [9.17, 15) is 0 Å². The van der Waals surface area contributed by atoms with Gasteiger partial charge in [0.15, 0.2) is 5.82 Å². The van der Waals surface area contributed by atoms with Gasteiger partial charge in [-0.25, -0.2) is 9.97 Å². The molecule has 1 fully saturated rings. The van der Waals surface area contributed by atoms with Gasteiger partial charge in [-0.3, -0.25) is 0 Å². The topological polar surface area (TPSA) is 44.2 Å². The van der Waals surface area contributed by atoms with Crippen LogP contribution in [-0.4, -0.2) is 9.97 Å². The number of hydrogen-bond donors (Lipinski definition) is 0. The highest BCUT2D eigenvalue weighted by molar-refractivity contribution is 5.63. The fourth-order valence-electron chi connectivity index (χ4n) is 5.97. The summed E-state index contributed by atoms with van der Waals surface area (Å²) in [7, 11) is 0. The SMILES string of the molecule is CCCCCCCc1ccc(-c2cnc(C3=COC(c4ccccc4CCCCCCCCCC4CC4)O3)nc2)cc1. The molecule has 2 heterocycles. The van der Waals surface area contributed by atoms with Gasteiger partial charge in [-0.1, -0.05) is 139 Å². The average Bonchev–Trinajstić information content (AvgIpc) is 3.73. The lowest BCUT2D eigenvalue weighted by Gasteiger charge is -2.16. The summed E-state index contributed by atoms with van der Waals surface area (Å²) in [6.45, 7) is 2.26. The van der Waals surface area contributed by atoms with Crippen LogP contribution in [0.4, 0.5) is 0 Å².